The number of carbonyl (C=O) groups excluding carboxylic acids is 1. The third-order valence-corrected chi connectivity index (χ3v) is 4.93. The molecular formula is C19H25ClN4O3. The molecule has 2 aliphatic rings. The van der Waals surface area contributed by atoms with Gasteiger partial charge < -0.3 is 14.4 Å². The van der Waals surface area contributed by atoms with Crippen LogP contribution < -0.4 is 10.7 Å². The number of carbonyl (C=O) groups is 1. The van der Waals surface area contributed by atoms with Gasteiger partial charge in [0.1, 0.15) is 11.6 Å². The number of nitrogens with zero attached hydrogens (tertiary/aromatic N) is 3. The zero-order valence-corrected chi connectivity index (χ0v) is 16.2. The van der Waals surface area contributed by atoms with Crippen molar-refractivity contribution >= 4 is 23.3 Å². The molecule has 1 saturated heterocycles. The molecule has 2 heterocycles. The molecule has 0 aromatic carbocycles. The maximum absolute atomic E-state index is 12.2. The number of morpholine rings is 1. The van der Waals surface area contributed by atoms with E-state index in [1.165, 1.54) is 5.57 Å². The van der Waals surface area contributed by atoms with Gasteiger partial charge in [-0.25, -0.2) is 10.8 Å². The van der Waals surface area contributed by atoms with Gasteiger partial charge in [0.2, 0.25) is 0 Å². The van der Waals surface area contributed by atoms with Gasteiger partial charge in [0.25, 0.3) is 5.91 Å². The molecule has 1 amide bonds. The summed E-state index contributed by atoms with van der Waals surface area (Å²) >= 11 is 6.15. The number of ether oxygens (including phenoxy) is 2. The van der Waals surface area contributed by atoms with Crippen molar-refractivity contribution in [1.82, 2.24) is 9.99 Å². The summed E-state index contributed by atoms with van der Waals surface area (Å²) in [6.07, 6.45) is 5.26. The van der Waals surface area contributed by atoms with Crippen molar-refractivity contribution in [1.29, 1.82) is 0 Å². The lowest BCUT2D eigenvalue weighted by Gasteiger charge is -2.27. The van der Waals surface area contributed by atoms with Gasteiger partial charge in [0.05, 0.1) is 24.8 Å². The van der Waals surface area contributed by atoms with Crippen molar-refractivity contribution in [3.05, 3.63) is 46.3 Å². The van der Waals surface area contributed by atoms with Crippen LogP contribution in [-0.2, 0) is 20.8 Å². The first kappa shape index (κ1) is 19.7. The molecule has 1 fully saturated rings. The lowest BCUT2D eigenvalue weighted by molar-refractivity contribution is -0.135. The number of amides is 1. The first-order valence-electron chi connectivity index (χ1n) is 9.04. The molecule has 2 N–H and O–H groups in total. The lowest BCUT2D eigenvalue weighted by Crippen LogP contribution is -2.39. The summed E-state index contributed by atoms with van der Waals surface area (Å²) in [5, 5.41) is 1.78. The van der Waals surface area contributed by atoms with Gasteiger partial charge in [-0.1, -0.05) is 23.2 Å². The Morgan fingerprint density at radius 3 is 2.85 bits per heavy atom. The number of rotatable bonds is 6. The van der Waals surface area contributed by atoms with E-state index in [1.807, 2.05) is 25.1 Å². The average molecular weight is 393 g/mol. The zero-order valence-electron chi connectivity index (χ0n) is 15.5. The van der Waals surface area contributed by atoms with E-state index in [1.54, 1.807) is 6.20 Å². The third kappa shape index (κ3) is 5.45. The van der Waals surface area contributed by atoms with Crippen molar-refractivity contribution < 1.29 is 14.3 Å². The van der Waals surface area contributed by atoms with Gasteiger partial charge in [-0.05, 0) is 37.5 Å². The van der Waals surface area contributed by atoms with Crippen LogP contribution in [0.1, 0.15) is 25.3 Å². The van der Waals surface area contributed by atoms with Crippen LogP contribution in [0.25, 0.3) is 0 Å². The summed E-state index contributed by atoms with van der Waals surface area (Å²) in [7, 11) is 0. The van der Waals surface area contributed by atoms with E-state index in [2.05, 4.69) is 9.88 Å². The van der Waals surface area contributed by atoms with Crippen LogP contribution in [0.2, 0.25) is 0 Å². The number of nitrogens with two attached hydrogens (primary N) is 1. The molecule has 0 unspecified atom stereocenters. The normalized spacial score (nSPS) is 17.6. The van der Waals surface area contributed by atoms with Gasteiger partial charge in [-0.3, -0.25) is 9.80 Å². The summed E-state index contributed by atoms with van der Waals surface area (Å²) in [4.78, 5) is 18.9. The number of anilines is 1. The van der Waals surface area contributed by atoms with Crippen LogP contribution in [-0.4, -0.2) is 48.8 Å². The van der Waals surface area contributed by atoms with E-state index < -0.39 is 0 Å². The molecule has 27 heavy (non-hydrogen) atoms. The van der Waals surface area contributed by atoms with E-state index in [0.29, 0.717) is 24.0 Å². The van der Waals surface area contributed by atoms with Crippen molar-refractivity contribution in [2.24, 2.45) is 5.84 Å². The topological polar surface area (TPSA) is 80.9 Å². The van der Waals surface area contributed by atoms with E-state index in [0.717, 1.165) is 42.3 Å². The van der Waals surface area contributed by atoms with Crippen LogP contribution in [0.3, 0.4) is 0 Å². The van der Waals surface area contributed by atoms with Gasteiger partial charge in [0, 0.05) is 19.3 Å². The Morgan fingerprint density at radius 1 is 1.37 bits per heavy atom. The second-order valence-electron chi connectivity index (χ2n) is 6.69. The summed E-state index contributed by atoms with van der Waals surface area (Å²) in [5.41, 5.74) is 2.03. The molecule has 3 rings (SSSR count). The molecule has 8 heteroatoms. The Hall–Kier alpha value is -2.09. The molecule has 1 aliphatic carbocycles. The molecule has 7 nitrogen and oxygen atoms in total. The molecule has 1 aromatic heterocycles. The highest BCUT2D eigenvalue weighted by molar-refractivity contribution is 6.30. The molecular weight excluding hydrogens is 368 g/mol. The number of hydrazine groups is 1. The Kier molecular flexibility index (Phi) is 6.71. The minimum Gasteiger partial charge on any atom is -0.483 e. The monoisotopic (exact) mass is 392 g/mol. The lowest BCUT2D eigenvalue weighted by atomic mass is 10.1. The second-order valence-corrected chi connectivity index (χ2v) is 7.15. The number of halogens is 1. The highest BCUT2D eigenvalue weighted by atomic mass is 35.5. The molecule has 0 radical (unpaired) electrons. The van der Waals surface area contributed by atoms with Crippen LogP contribution in [0.4, 0.5) is 5.82 Å². The fraction of sp³-hybridized carbons (Fsp3) is 0.474. The first-order valence-corrected chi connectivity index (χ1v) is 9.42. The van der Waals surface area contributed by atoms with Gasteiger partial charge in [-0.15, -0.1) is 0 Å². The fourth-order valence-electron chi connectivity index (χ4n) is 2.92. The van der Waals surface area contributed by atoms with Crippen molar-refractivity contribution in [3.63, 3.8) is 0 Å². The number of aromatic nitrogens is 1. The van der Waals surface area contributed by atoms with Gasteiger partial charge in [-0.2, -0.15) is 0 Å². The van der Waals surface area contributed by atoms with Gasteiger partial charge in [0.15, 0.2) is 6.61 Å². The SMILES string of the molecule is CC1=CC(OCC(=O)N(N)Cc2ccc(N3CCOCC3)nc2)=C(Cl)CC1. The Bertz CT molecular complexity index is 727. The van der Waals surface area contributed by atoms with Crippen molar-refractivity contribution in [2.75, 3.05) is 37.8 Å². The molecule has 146 valence electrons. The highest BCUT2D eigenvalue weighted by Crippen LogP contribution is 2.27. The Morgan fingerprint density at radius 2 is 2.15 bits per heavy atom. The van der Waals surface area contributed by atoms with Crippen LogP contribution in [0, 0.1) is 0 Å². The highest BCUT2D eigenvalue weighted by Gasteiger charge is 2.16. The van der Waals surface area contributed by atoms with E-state index >= 15 is 0 Å². The minimum atomic E-state index is -0.319. The maximum Gasteiger partial charge on any atom is 0.274 e. The van der Waals surface area contributed by atoms with Gasteiger partial charge >= 0.3 is 0 Å². The summed E-state index contributed by atoms with van der Waals surface area (Å²) in [6.45, 7) is 5.21. The molecule has 0 saturated carbocycles. The summed E-state index contributed by atoms with van der Waals surface area (Å²) in [5.74, 6) is 7.03. The number of allylic oxidation sites excluding steroid dienone is 3. The third-order valence-electron chi connectivity index (χ3n) is 4.55. The zero-order chi connectivity index (χ0) is 19.2. The smallest absolute Gasteiger partial charge is 0.274 e. The number of pyridine rings is 1. The number of hydrogen-bond donors (Lipinski definition) is 1. The molecule has 1 aliphatic heterocycles. The van der Waals surface area contributed by atoms with E-state index in [-0.39, 0.29) is 19.1 Å². The fourth-order valence-corrected chi connectivity index (χ4v) is 3.12. The largest absolute Gasteiger partial charge is 0.483 e. The van der Waals surface area contributed by atoms with Crippen LogP contribution >= 0.6 is 11.6 Å². The minimum absolute atomic E-state index is 0.148. The quantitative estimate of drug-likeness (QED) is 0.454. The molecule has 0 spiro atoms. The maximum atomic E-state index is 12.2. The second kappa shape index (κ2) is 9.21. The Balaban J connectivity index is 1.50. The van der Waals surface area contributed by atoms with E-state index in [9.17, 15) is 4.79 Å². The molecule has 0 atom stereocenters. The predicted octanol–water partition coefficient (Wildman–Crippen LogP) is 2.33. The van der Waals surface area contributed by atoms with Crippen LogP contribution in [0.15, 0.2) is 40.8 Å². The predicted molar refractivity (Wildman–Crippen MR) is 104 cm³/mol. The standard InChI is InChI=1S/C19H25ClN4O3/c1-14-2-4-16(20)17(10-14)27-13-19(25)24(21)12-15-3-5-18(22-11-15)23-6-8-26-9-7-23/h3,5,10-11H,2,4,6-9,12-13,21H2,1H3. The molecule has 0 bridgehead atoms. The number of hydrogen-bond acceptors (Lipinski definition) is 6. The Labute approximate surface area is 164 Å². The van der Waals surface area contributed by atoms with Crippen molar-refractivity contribution in [3.8, 4) is 0 Å². The molecule has 1 aromatic rings. The van der Waals surface area contributed by atoms with E-state index in [4.69, 9.17) is 26.9 Å². The van der Waals surface area contributed by atoms with Crippen molar-refractivity contribution in [2.45, 2.75) is 26.3 Å². The summed E-state index contributed by atoms with van der Waals surface area (Å²) < 4.78 is 10.9. The summed E-state index contributed by atoms with van der Waals surface area (Å²) in [6, 6.07) is 3.87. The van der Waals surface area contributed by atoms with Crippen LogP contribution in [0.5, 0.6) is 0 Å². The first-order chi connectivity index (χ1) is 13.0. The average Bonchev–Trinajstić information content (AvgIpc) is 2.69.